The summed E-state index contributed by atoms with van der Waals surface area (Å²) in [4.78, 5) is 17.5. The van der Waals surface area contributed by atoms with Gasteiger partial charge in [-0.15, -0.1) is 11.3 Å². The number of ether oxygens (including phenoxy) is 1. The Balaban J connectivity index is 1.49. The van der Waals surface area contributed by atoms with Gasteiger partial charge in [-0.1, -0.05) is 29.8 Å². The summed E-state index contributed by atoms with van der Waals surface area (Å²) in [6, 6.07) is 17.5. The molecular formula is C29H28ClN3O2S. The van der Waals surface area contributed by atoms with E-state index in [0.29, 0.717) is 11.6 Å². The Morgan fingerprint density at radius 1 is 1.06 bits per heavy atom. The molecule has 1 aliphatic carbocycles. The van der Waals surface area contributed by atoms with Crippen LogP contribution in [0.1, 0.15) is 51.7 Å². The van der Waals surface area contributed by atoms with Gasteiger partial charge in [-0.3, -0.25) is 0 Å². The van der Waals surface area contributed by atoms with Crippen molar-refractivity contribution < 1.29 is 9.53 Å². The number of carbonyl (C=O) groups is 1. The maximum absolute atomic E-state index is 14.1. The summed E-state index contributed by atoms with van der Waals surface area (Å²) in [5.41, 5.74) is 6.43. The van der Waals surface area contributed by atoms with Gasteiger partial charge in [0.05, 0.1) is 25.4 Å². The standard InChI is InChI=1S/C29H28ClN3O2S/c1-18-23(30)8-5-9-24(18)31-29(34)33-17-22-21-7-3-4-11-26(21)36-28(22)32-16-6-10-25(32)27(33)19-12-14-20(35-2)15-13-19/h5-6,8-10,12-16,27H,3-4,7,11,17H2,1-2H3,(H,31,34)/t27-/m1/s1. The van der Waals surface area contributed by atoms with Crippen LogP contribution < -0.4 is 10.1 Å². The Morgan fingerprint density at radius 3 is 2.67 bits per heavy atom. The molecule has 0 bridgehead atoms. The molecule has 0 spiro atoms. The average molecular weight is 518 g/mol. The molecule has 36 heavy (non-hydrogen) atoms. The Morgan fingerprint density at radius 2 is 1.86 bits per heavy atom. The topological polar surface area (TPSA) is 46.5 Å². The van der Waals surface area contributed by atoms with Crippen molar-refractivity contribution in [2.75, 3.05) is 12.4 Å². The van der Waals surface area contributed by atoms with E-state index in [1.165, 1.54) is 33.8 Å². The zero-order chi connectivity index (χ0) is 24.8. The third-order valence-electron chi connectivity index (χ3n) is 7.38. The van der Waals surface area contributed by atoms with Crippen LogP contribution in [0.15, 0.2) is 60.8 Å². The molecule has 2 amide bonds. The van der Waals surface area contributed by atoms with E-state index in [1.807, 2.05) is 53.5 Å². The molecule has 0 fully saturated rings. The molecule has 3 heterocycles. The number of methoxy groups -OCH3 is 1. The molecule has 1 aliphatic heterocycles. The lowest BCUT2D eigenvalue weighted by atomic mass is 9.95. The predicted octanol–water partition coefficient (Wildman–Crippen LogP) is 7.53. The van der Waals surface area contributed by atoms with Gasteiger partial charge in [0.1, 0.15) is 10.8 Å². The fraction of sp³-hybridized carbons (Fsp3) is 0.276. The highest BCUT2D eigenvalue weighted by Gasteiger charge is 2.36. The zero-order valence-electron chi connectivity index (χ0n) is 20.4. The number of hydrogen-bond acceptors (Lipinski definition) is 3. The first kappa shape index (κ1) is 23.2. The van der Waals surface area contributed by atoms with Crippen molar-refractivity contribution in [2.45, 2.75) is 45.2 Å². The van der Waals surface area contributed by atoms with Crippen molar-refractivity contribution in [1.29, 1.82) is 0 Å². The molecule has 0 saturated heterocycles. The van der Waals surface area contributed by atoms with Crippen LogP contribution >= 0.6 is 22.9 Å². The highest BCUT2D eigenvalue weighted by atomic mass is 35.5. The van der Waals surface area contributed by atoms with E-state index in [2.05, 4.69) is 40.3 Å². The first-order valence-electron chi connectivity index (χ1n) is 12.3. The number of hydrogen-bond donors (Lipinski definition) is 1. The third-order valence-corrected chi connectivity index (χ3v) is 9.12. The van der Waals surface area contributed by atoms with E-state index in [1.54, 1.807) is 7.11 Å². The molecule has 2 aromatic heterocycles. The van der Waals surface area contributed by atoms with Crippen LogP contribution in [-0.2, 0) is 19.4 Å². The molecule has 5 nitrogen and oxygen atoms in total. The van der Waals surface area contributed by atoms with Crippen molar-refractivity contribution >= 4 is 34.7 Å². The van der Waals surface area contributed by atoms with Gasteiger partial charge in [0.25, 0.3) is 0 Å². The first-order valence-corrected chi connectivity index (χ1v) is 13.5. The van der Waals surface area contributed by atoms with Crippen molar-refractivity contribution in [3.05, 3.63) is 98.6 Å². The Bertz CT molecular complexity index is 1440. The Labute approximate surface area is 220 Å². The number of nitrogens with one attached hydrogen (secondary N) is 1. The van der Waals surface area contributed by atoms with E-state index in [9.17, 15) is 4.79 Å². The minimum absolute atomic E-state index is 0.141. The number of thiophene rings is 1. The summed E-state index contributed by atoms with van der Waals surface area (Å²) in [5, 5.41) is 5.05. The molecule has 2 aliphatic rings. The van der Waals surface area contributed by atoms with Crippen LogP contribution in [-0.4, -0.2) is 22.6 Å². The molecule has 1 N–H and O–H groups in total. The van der Waals surface area contributed by atoms with Gasteiger partial charge >= 0.3 is 6.03 Å². The number of aryl methyl sites for hydroxylation is 1. The normalized spacial score (nSPS) is 16.5. The van der Waals surface area contributed by atoms with Crippen molar-refractivity contribution in [1.82, 2.24) is 9.47 Å². The summed E-state index contributed by atoms with van der Waals surface area (Å²) in [6.07, 6.45) is 6.77. The average Bonchev–Trinajstić information content (AvgIpc) is 3.49. The van der Waals surface area contributed by atoms with E-state index in [0.717, 1.165) is 41.1 Å². The largest absolute Gasteiger partial charge is 0.497 e. The number of fused-ring (bicyclic) bond motifs is 5. The minimum atomic E-state index is -0.260. The van der Waals surface area contributed by atoms with Crippen LogP contribution in [0.2, 0.25) is 5.02 Å². The number of anilines is 1. The van der Waals surface area contributed by atoms with Crippen LogP contribution in [0.25, 0.3) is 5.00 Å². The number of amides is 2. The SMILES string of the molecule is COc1ccc([C@@H]2c3cccn3-c3sc4c(c3CN2C(=O)Nc2cccc(Cl)c2C)CCCC4)cc1. The molecule has 4 aromatic rings. The van der Waals surface area contributed by atoms with Gasteiger partial charge < -0.3 is 19.5 Å². The summed E-state index contributed by atoms with van der Waals surface area (Å²) in [6.45, 7) is 2.48. The van der Waals surface area contributed by atoms with Gasteiger partial charge in [-0.2, -0.15) is 0 Å². The molecule has 7 heteroatoms. The van der Waals surface area contributed by atoms with E-state index >= 15 is 0 Å². The van der Waals surface area contributed by atoms with Gasteiger partial charge in [0.15, 0.2) is 0 Å². The molecule has 184 valence electrons. The minimum Gasteiger partial charge on any atom is -0.497 e. The maximum atomic E-state index is 14.1. The number of benzene rings is 2. The van der Waals surface area contributed by atoms with E-state index in [-0.39, 0.29) is 12.1 Å². The summed E-state index contributed by atoms with van der Waals surface area (Å²) >= 11 is 8.26. The summed E-state index contributed by atoms with van der Waals surface area (Å²) in [7, 11) is 1.67. The fourth-order valence-corrected chi connectivity index (χ4v) is 7.03. The van der Waals surface area contributed by atoms with Crippen LogP contribution in [0.3, 0.4) is 0 Å². The lowest BCUT2D eigenvalue weighted by molar-refractivity contribution is 0.194. The first-order chi connectivity index (χ1) is 17.5. The monoisotopic (exact) mass is 517 g/mol. The summed E-state index contributed by atoms with van der Waals surface area (Å²) in [5.74, 6) is 0.793. The number of urea groups is 1. The van der Waals surface area contributed by atoms with Gasteiger partial charge in [-0.25, -0.2) is 4.79 Å². The van der Waals surface area contributed by atoms with E-state index < -0.39 is 0 Å². The molecule has 6 rings (SSSR count). The maximum Gasteiger partial charge on any atom is 0.322 e. The number of halogens is 1. The van der Waals surface area contributed by atoms with Gasteiger partial charge in [0.2, 0.25) is 0 Å². The smallest absolute Gasteiger partial charge is 0.322 e. The Hall–Kier alpha value is -3.22. The van der Waals surface area contributed by atoms with Crippen LogP contribution in [0.4, 0.5) is 10.5 Å². The molecule has 2 aromatic carbocycles. The highest BCUT2D eigenvalue weighted by Crippen LogP contribution is 2.44. The summed E-state index contributed by atoms with van der Waals surface area (Å²) < 4.78 is 7.70. The lowest BCUT2D eigenvalue weighted by Gasteiger charge is -2.31. The lowest BCUT2D eigenvalue weighted by Crippen LogP contribution is -2.38. The molecule has 0 saturated carbocycles. The van der Waals surface area contributed by atoms with Crippen molar-refractivity contribution in [3.8, 4) is 10.8 Å². The molecule has 0 radical (unpaired) electrons. The van der Waals surface area contributed by atoms with Crippen molar-refractivity contribution in [3.63, 3.8) is 0 Å². The number of rotatable bonds is 3. The number of aromatic nitrogens is 1. The predicted molar refractivity (Wildman–Crippen MR) is 146 cm³/mol. The van der Waals surface area contributed by atoms with Crippen LogP contribution in [0.5, 0.6) is 5.75 Å². The second-order valence-corrected chi connectivity index (χ2v) is 10.9. The third kappa shape index (κ3) is 3.89. The fourth-order valence-electron chi connectivity index (χ4n) is 5.45. The van der Waals surface area contributed by atoms with Gasteiger partial charge in [0, 0.05) is 27.3 Å². The molecule has 0 unspecified atom stereocenters. The molecular weight excluding hydrogens is 490 g/mol. The number of carbonyl (C=O) groups excluding carboxylic acids is 1. The van der Waals surface area contributed by atoms with Gasteiger partial charge in [-0.05, 0) is 85.7 Å². The Kier molecular flexibility index (Phi) is 6.02. The second kappa shape index (κ2) is 9.34. The molecule has 1 atom stereocenters. The van der Waals surface area contributed by atoms with Crippen molar-refractivity contribution in [2.24, 2.45) is 0 Å². The quantitative estimate of drug-likeness (QED) is 0.305. The van der Waals surface area contributed by atoms with E-state index in [4.69, 9.17) is 16.3 Å². The second-order valence-electron chi connectivity index (χ2n) is 9.44. The van der Waals surface area contributed by atoms with Crippen LogP contribution in [0, 0.1) is 6.92 Å². The highest BCUT2D eigenvalue weighted by molar-refractivity contribution is 7.15. The number of nitrogens with zero attached hydrogens (tertiary/aromatic N) is 2. The zero-order valence-corrected chi connectivity index (χ0v) is 22.0.